The van der Waals surface area contributed by atoms with Crippen LogP contribution in [-0.2, 0) is 15.8 Å². The molecular weight excluding hydrogens is 435 g/mol. The average molecular weight is 456 g/mol. The van der Waals surface area contributed by atoms with Crippen molar-refractivity contribution in [2.75, 3.05) is 18.9 Å². The summed E-state index contributed by atoms with van der Waals surface area (Å²) in [5.74, 6) is -6.53. The van der Waals surface area contributed by atoms with Crippen LogP contribution in [0.15, 0.2) is 36.4 Å². The number of halogens is 5. The van der Waals surface area contributed by atoms with Gasteiger partial charge in [-0.3, -0.25) is 9.59 Å². The molecule has 2 atom stereocenters. The van der Waals surface area contributed by atoms with Crippen LogP contribution >= 0.6 is 0 Å². The van der Waals surface area contributed by atoms with Crippen LogP contribution in [0.5, 0.6) is 5.75 Å². The zero-order valence-electron chi connectivity index (χ0n) is 17.5. The monoisotopic (exact) mass is 456 g/mol. The minimum atomic E-state index is -4.68. The summed E-state index contributed by atoms with van der Waals surface area (Å²) in [5.41, 5.74) is -1.38. The smallest absolute Gasteiger partial charge is 0.416 e. The Kier molecular flexibility index (Phi) is 6.43. The standard InChI is InChI=1S/C22H21F5N2O3/c1-11(2)32-14-8-12(7-13(9-14)22(25,26)27)15-10-29(3)21(31)18(15)20(30)28-17-6-4-5-16(23)19(17)24/h4-9,11,15,18H,10H2,1-3H3,(H,28,30)/t15-,18+/m1/s1. The van der Waals surface area contributed by atoms with Crippen LogP contribution < -0.4 is 10.1 Å². The molecule has 1 heterocycles. The van der Waals surface area contributed by atoms with Crippen LogP contribution in [0.1, 0.15) is 30.9 Å². The lowest BCUT2D eigenvalue weighted by Crippen LogP contribution is -2.33. The number of likely N-dealkylation sites (tertiary alicyclic amines) is 1. The highest BCUT2D eigenvalue weighted by molar-refractivity contribution is 6.08. The molecule has 1 saturated heterocycles. The van der Waals surface area contributed by atoms with Crippen LogP contribution in [0.2, 0.25) is 0 Å². The molecule has 0 unspecified atom stereocenters. The Morgan fingerprint density at radius 3 is 2.50 bits per heavy atom. The predicted octanol–water partition coefficient (Wildman–Crippen LogP) is 4.58. The maximum atomic E-state index is 14.0. The highest BCUT2D eigenvalue weighted by Gasteiger charge is 2.45. The molecule has 2 amide bonds. The lowest BCUT2D eigenvalue weighted by molar-refractivity contribution is -0.138. The number of hydrogen-bond acceptors (Lipinski definition) is 3. The Hall–Kier alpha value is -3.17. The van der Waals surface area contributed by atoms with Crippen LogP contribution in [0.3, 0.4) is 0 Å². The fraction of sp³-hybridized carbons (Fsp3) is 0.364. The van der Waals surface area contributed by atoms with Crippen LogP contribution in [0.25, 0.3) is 0 Å². The summed E-state index contributed by atoms with van der Waals surface area (Å²) in [5, 5.41) is 2.18. The Balaban J connectivity index is 2.00. The highest BCUT2D eigenvalue weighted by atomic mass is 19.4. The Morgan fingerprint density at radius 2 is 1.88 bits per heavy atom. The van der Waals surface area contributed by atoms with E-state index in [0.29, 0.717) is 0 Å². The van der Waals surface area contributed by atoms with E-state index in [1.165, 1.54) is 24.1 Å². The highest BCUT2D eigenvalue weighted by Crippen LogP contribution is 2.40. The number of nitrogens with zero attached hydrogens (tertiary/aromatic N) is 1. The number of benzene rings is 2. The first-order chi connectivity index (χ1) is 14.9. The van der Waals surface area contributed by atoms with Gasteiger partial charge in [-0.15, -0.1) is 0 Å². The molecular formula is C22H21F5N2O3. The molecule has 0 aliphatic carbocycles. The topological polar surface area (TPSA) is 58.6 Å². The number of carbonyl (C=O) groups excluding carboxylic acids is 2. The molecule has 0 bridgehead atoms. The fourth-order valence-corrected chi connectivity index (χ4v) is 3.64. The van der Waals surface area contributed by atoms with Gasteiger partial charge in [0.1, 0.15) is 11.7 Å². The van der Waals surface area contributed by atoms with Crippen molar-refractivity contribution in [3.05, 3.63) is 59.2 Å². The summed E-state index contributed by atoms with van der Waals surface area (Å²) in [6, 6.07) is 6.23. The Bertz CT molecular complexity index is 1040. The number of anilines is 1. The molecule has 172 valence electrons. The number of hydrogen-bond donors (Lipinski definition) is 1. The molecule has 0 radical (unpaired) electrons. The second-order valence-electron chi connectivity index (χ2n) is 7.85. The summed E-state index contributed by atoms with van der Waals surface area (Å²) in [6.07, 6.45) is -5.09. The number of alkyl halides is 3. The van der Waals surface area contributed by atoms with E-state index in [2.05, 4.69) is 5.32 Å². The number of amides is 2. The van der Waals surface area contributed by atoms with Crippen LogP contribution in [0.4, 0.5) is 27.6 Å². The fourth-order valence-electron chi connectivity index (χ4n) is 3.64. The normalized spacial score (nSPS) is 18.9. The van der Waals surface area contributed by atoms with Crippen molar-refractivity contribution in [2.24, 2.45) is 5.92 Å². The van der Waals surface area contributed by atoms with Crippen LogP contribution in [-0.4, -0.2) is 36.4 Å². The van der Waals surface area contributed by atoms with E-state index in [1.807, 2.05) is 0 Å². The second kappa shape index (κ2) is 8.76. The third-order valence-electron chi connectivity index (χ3n) is 5.06. The zero-order valence-corrected chi connectivity index (χ0v) is 17.5. The van der Waals surface area contributed by atoms with E-state index in [-0.39, 0.29) is 17.9 Å². The van der Waals surface area contributed by atoms with Gasteiger partial charge in [0.05, 0.1) is 17.4 Å². The number of rotatable bonds is 5. The molecule has 0 aromatic heterocycles. The van der Waals surface area contributed by atoms with E-state index in [1.54, 1.807) is 13.8 Å². The zero-order chi connectivity index (χ0) is 23.8. The molecule has 1 N–H and O–H groups in total. The summed E-state index contributed by atoms with van der Waals surface area (Å²) in [7, 11) is 1.41. The molecule has 0 saturated carbocycles. The molecule has 2 aromatic rings. The summed E-state index contributed by atoms with van der Waals surface area (Å²) >= 11 is 0. The predicted molar refractivity (Wildman–Crippen MR) is 106 cm³/mol. The summed E-state index contributed by atoms with van der Waals surface area (Å²) < 4.78 is 73.3. The molecule has 3 rings (SSSR count). The van der Waals surface area contributed by atoms with Crippen molar-refractivity contribution in [3.8, 4) is 5.75 Å². The van der Waals surface area contributed by atoms with E-state index in [9.17, 15) is 31.5 Å². The van der Waals surface area contributed by atoms with Gasteiger partial charge in [0, 0.05) is 19.5 Å². The Labute approximate surface area is 181 Å². The molecule has 10 heteroatoms. The van der Waals surface area contributed by atoms with Crippen molar-refractivity contribution in [3.63, 3.8) is 0 Å². The Morgan fingerprint density at radius 1 is 1.19 bits per heavy atom. The second-order valence-corrected chi connectivity index (χ2v) is 7.85. The number of likely N-dealkylation sites (N-methyl/N-ethyl adjacent to an activating group) is 1. The van der Waals surface area contributed by atoms with E-state index >= 15 is 0 Å². The summed E-state index contributed by atoms with van der Waals surface area (Å²) in [4.78, 5) is 26.7. The number of carbonyl (C=O) groups is 2. The van der Waals surface area contributed by atoms with Crippen molar-refractivity contribution in [2.45, 2.75) is 32.0 Å². The average Bonchev–Trinajstić information content (AvgIpc) is 2.99. The van der Waals surface area contributed by atoms with Gasteiger partial charge < -0.3 is 15.0 Å². The van der Waals surface area contributed by atoms with Gasteiger partial charge in [0.25, 0.3) is 0 Å². The lowest BCUT2D eigenvalue weighted by Gasteiger charge is -2.20. The van der Waals surface area contributed by atoms with Gasteiger partial charge in [0.15, 0.2) is 11.6 Å². The quantitative estimate of drug-likeness (QED) is 0.529. The molecule has 1 fully saturated rings. The first kappa shape index (κ1) is 23.5. The molecule has 1 aliphatic rings. The first-order valence-electron chi connectivity index (χ1n) is 9.77. The van der Waals surface area contributed by atoms with Gasteiger partial charge in [-0.25, -0.2) is 8.78 Å². The molecule has 32 heavy (non-hydrogen) atoms. The first-order valence-corrected chi connectivity index (χ1v) is 9.77. The van der Waals surface area contributed by atoms with E-state index in [0.717, 1.165) is 24.3 Å². The van der Waals surface area contributed by atoms with Gasteiger partial charge in [0.2, 0.25) is 11.8 Å². The minimum absolute atomic E-state index is 0.0367. The van der Waals surface area contributed by atoms with Gasteiger partial charge in [-0.2, -0.15) is 13.2 Å². The number of ether oxygens (including phenoxy) is 1. The van der Waals surface area contributed by atoms with Gasteiger partial charge in [-0.05, 0) is 49.7 Å². The van der Waals surface area contributed by atoms with E-state index in [4.69, 9.17) is 4.74 Å². The molecule has 0 spiro atoms. The maximum absolute atomic E-state index is 14.0. The maximum Gasteiger partial charge on any atom is 0.416 e. The van der Waals surface area contributed by atoms with Gasteiger partial charge in [-0.1, -0.05) is 6.07 Å². The number of nitrogens with one attached hydrogen (secondary N) is 1. The van der Waals surface area contributed by atoms with E-state index < -0.39 is 58.8 Å². The van der Waals surface area contributed by atoms with Gasteiger partial charge >= 0.3 is 6.18 Å². The van der Waals surface area contributed by atoms with Crippen molar-refractivity contribution in [1.29, 1.82) is 0 Å². The molecule has 5 nitrogen and oxygen atoms in total. The largest absolute Gasteiger partial charge is 0.491 e. The van der Waals surface area contributed by atoms with Crippen molar-refractivity contribution >= 4 is 17.5 Å². The molecule has 1 aliphatic heterocycles. The third-order valence-corrected chi connectivity index (χ3v) is 5.06. The van der Waals surface area contributed by atoms with Crippen molar-refractivity contribution < 1.29 is 36.3 Å². The third kappa shape index (κ3) is 4.84. The lowest BCUT2D eigenvalue weighted by atomic mass is 9.86. The minimum Gasteiger partial charge on any atom is -0.491 e. The summed E-state index contributed by atoms with van der Waals surface area (Å²) in [6.45, 7) is 3.26. The van der Waals surface area contributed by atoms with Crippen LogP contribution in [0, 0.1) is 17.6 Å². The van der Waals surface area contributed by atoms with Crippen molar-refractivity contribution in [1.82, 2.24) is 4.90 Å². The molecule has 2 aromatic carbocycles. The SMILES string of the molecule is CC(C)Oc1cc([C@H]2CN(C)C(=O)[C@@H]2C(=O)Nc2cccc(F)c2F)cc(C(F)(F)F)c1.